The van der Waals surface area contributed by atoms with Crippen LogP contribution >= 0.6 is 34.9 Å². The van der Waals surface area contributed by atoms with Gasteiger partial charge in [-0.3, -0.25) is 0 Å². The van der Waals surface area contributed by atoms with Crippen LogP contribution in [0.4, 0.5) is 0 Å². The average molecular weight is 455 g/mol. The van der Waals surface area contributed by atoms with E-state index in [1.54, 1.807) is 11.8 Å². The van der Waals surface area contributed by atoms with Gasteiger partial charge in [0.05, 0.1) is 5.39 Å². The molecule has 1 aromatic carbocycles. The molecule has 0 radical (unpaired) electrons. The Hall–Kier alpha value is -1.57. The molecule has 0 bridgehead atoms. The van der Waals surface area contributed by atoms with Crippen molar-refractivity contribution in [2.45, 2.75) is 62.2 Å². The van der Waals surface area contributed by atoms with Crippen molar-refractivity contribution >= 4 is 50.7 Å². The van der Waals surface area contributed by atoms with Crippen LogP contribution in [-0.2, 0) is 12.8 Å². The Bertz CT molecular complexity index is 1170. The summed E-state index contributed by atoms with van der Waals surface area (Å²) in [5.74, 6) is 2.62. The summed E-state index contributed by atoms with van der Waals surface area (Å²) in [4.78, 5) is 7.79. The lowest BCUT2D eigenvalue weighted by Crippen LogP contribution is -2.05. The van der Waals surface area contributed by atoms with Crippen molar-refractivity contribution < 1.29 is 0 Å². The van der Waals surface area contributed by atoms with E-state index in [1.807, 2.05) is 23.1 Å². The topological polar surface area (TPSA) is 43.1 Å². The molecule has 30 heavy (non-hydrogen) atoms. The first-order valence-electron chi connectivity index (χ1n) is 10.8. The highest BCUT2D eigenvalue weighted by molar-refractivity contribution is 7.99. The van der Waals surface area contributed by atoms with E-state index >= 15 is 0 Å². The number of thiophene rings is 1. The first-order valence-corrected chi connectivity index (χ1v) is 13.5. The van der Waals surface area contributed by atoms with Crippen molar-refractivity contribution in [2.75, 3.05) is 11.5 Å². The van der Waals surface area contributed by atoms with Gasteiger partial charge >= 0.3 is 0 Å². The summed E-state index contributed by atoms with van der Waals surface area (Å²) in [6.45, 7) is 4.57. The van der Waals surface area contributed by atoms with Gasteiger partial charge in [-0.05, 0) is 49.1 Å². The van der Waals surface area contributed by atoms with E-state index in [4.69, 9.17) is 10.1 Å². The number of benzene rings is 1. The van der Waals surface area contributed by atoms with Crippen molar-refractivity contribution in [1.82, 2.24) is 19.6 Å². The second-order valence-corrected chi connectivity index (χ2v) is 11.1. The number of thioether (sulfide) groups is 2. The van der Waals surface area contributed by atoms with E-state index in [1.165, 1.54) is 40.7 Å². The number of nitrogens with zero attached hydrogens (tertiary/aromatic N) is 4. The van der Waals surface area contributed by atoms with Crippen LogP contribution in [0.15, 0.2) is 40.6 Å². The summed E-state index contributed by atoms with van der Waals surface area (Å²) in [7, 11) is 0. The lowest BCUT2D eigenvalue weighted by Gasteiger charge is -2.18. The second kappa shape index (κ2) is 8.89. The normalized spacial score (nSPS) is 16.4. The van der Waals surface area contributed by atoms with Crippen LogP contribution in [0.1, 0.15) is 55.0 Å². The van der Waals surface area contributed by atoms with Gasteiger partial charge in [0.15, 0.2) is 16.0 Å². The van der Waals surface area contributed by atoms with Gasteiger partial charge in [0.2, 0.25) is 0 Å². The molecule has 0 N–H and O–H groups in total. The van der Waals surface area contributed by atoms with Gasteiger partial charge in [-0.1, -0.05) is 67.7 Å². The smallest absolute Gasteiger partial charge is 0.197 e. The van der Waals surface area contributed by atoms with Gasteiger partial charge in [-0.25, -0.2) is 9.38 Å². The van der Waals surface area contributed by atoms with Crippen molar-refractivity contribution in [3.05, 3.63) is 46.3 Å². The predicted molar refractivity (Wildman–Crippen MR) is 129 cm³/mol. The number of aryl methyl sites for hydroxylation is 2. The van der Waals surface area contributed by atoms with Crippen LogP contribution in [0.3, 0.4) is 0 Å². The van der Waals surface area contributed by atoms with Gasteiger partial charge in [-0.15, -0.1) is 21.5 Å². The summed E-state index contributed by atoms with van der Waals surface area (Å²) in [6, 6.07) is 10.7. The van der Waals surface area contributed by atoms with Crippen LogP contribution in [0.25, 0.3) is 15.9 Å². The van der Waals surface area contributed by atoms with E-state index in [0.717, 1.165) is 45.1 Å². The van der Waals surface area contributed by atoms with Gasteiger partial charge < -0.3 is 0 Å². The fraction of sp³-hybridized carbons (Fsp3) is 0.435. The SMILES string of the molecule is CCCSc1nc2sc3c(c2c2nnc(SCCc4ccccc4)n12)[C@H](C)CCC3. The standard InChI is InChI=1S/C23H26N4S3/c1-3-13-28-22-24-21-19(18-15(2)8-7-11-17(18)30-21)20-25-26-23(27(20)22)29-14-12-16-9-5-4-6-10-16/h4-6,9-10,15H,3,7-8,11-14H2,1-2H3/t15-/m1/s1. The molecule has 1 aliphatic carbocycles. The minimum atomic E-state index is 0.577. The largest absolute Gasteiger partial charge is 0.248 e. The summed E-state index contributed by atoms with van der Waals surface area (Å²) in [5.41, 5.74) is 3.85. The summed E-state index contributed by atoms with van der Waals surface area (Å²) < 4.78 is 2.23. The maximum absolute atomic E-state index is 5.13. The number of rotatable bonds is 7. The Labute approximate surface area is 189 Å². The predicted octanol–water partition coefficient (Wildman–Crippen LogP) is 6.62. The quantitative estimate of drug-likeness (QED) is 0.232. The molecule has 156 valence electrons. The molecule has 3 heterocycles. The molecule has 4 aromatic rings. The molecular weight excluding hydrogens is 428 g/mol. The molecule has 0 amide bonds. The summed E-state index contributed by atoms with van der Waals surface area (Å²) >= 11 is 5.49. The van der Waals surface area contributed by atoms with Crippen LogP contribution < -0.4 is 0 Å². The molecule has 3 aromatic heterocycles. The third-order valence-electron chi connectivity index (χ3n) is 5.68. The Morgan fingerprint density at radius 2 is 1.93 bits per heavy atom. The van der Waals surface area contributed by atoms with Crippen LogP contribution in [0.5, 0.6) is 0 Å². The van der Waals surface area contributed by atoms with E-state index < -0.39 is 0 Å². The van der Waals surface area contributed by atoms with E-state index in [9.17, 15) is 0 Å². The van der Waals surface area contributed by atoms with Crippen molar-refractivity contribution in [3.63, 3.8) is 0 Å². The number of aromatic nitrogens is 4. The van der Waals surface area contributed by atoms with Crippen molar-refractivity contribution in [3.8, 4) is 0 Å². The zero-order valence-electron chi connectivity index (χ0n) is 17.4. The molecule has 1 atom stereocenters. The molecule has 7 heteroatoms. The Morgan fingerprint density at radius 3 is 2.77 bits per heavy atom. The fourth-order valence-corrected chi connectivity index (χ4v) is 7.43. The minimum Gasteiger partial charge on any atom is -0.248 e. The highest BCUT2D eigenvalue weighted by atomic mass is 32.2. The minimum absolute atomic E-state index is 0.577. The Morgan fingerprint density at radius 1 is 1.10 bits per heavy atom. The van der Waals surface area contributed by atoms with Crippen molar-refractivity contribution in [2.24, 2.45) is 0 Å². The molecular formula is C23H26N4S3. The van der Waals surface area contributed by atoms with Crippen LogP contribution in [0.2, 0.25) is 0 Å². The zero-order valence-corrected chi connectivity index (χ0v) is 19.9. The monoisotopic (exact) mass is 454 g/mol. The Balaban J connectivity index is 1.56. The molecule has 0 aliphatic heterocycles. The number of hydrogen-bond acceptors (Lipinski definition) is 6. The third-order valence-corrected chi connectivity index (χ3v) is 8.92. The molecule has 5 rings (SSSR count). The lowest BCUT2D eigenvalue weighted by atomic mass is 9.87. The summed E-state index contributed by atoms with van der Waals surface area (Å²) in [6.07, 6.45) is 5.87. The maximum Gasteiger partial charge on any atom is 0.197 e. The average Bonchev–Trinajstić information content (AvgIpc) is 3.35. The Kier molecular flexibility index (Phi) is 6.03. The molecule has 0 spiro atoms. The maximum atomic E-state index is 5.13. The molecule has 0 unspecified atom stereocenters. The van der Waals surface area contributed by atoms with Crippen LogP contribution in [0, 0.1) is 0 Å². The summed E-state index contributed by atoms with van der Waals surface area (Å²) in [5, 5.41) is 12.6. The second-order valence-electron chi connectivity index (χ2n) is 7.88. The number of hydrogen-bond donors (Lipinski definition) is 0. The van der Waals surface area contributed by atoms with Gasteiger partial charge in [0.25, 0.3) is 0 Å². The fourth-order valence-electron chi connectivity index (χ4n) is 4.22. The van der Waals surface area contributed by atoms with Crippen molar-refractivity contribution in [1.29, 1.82) is 0 Å². The zero-order chi connectivity index (χ0) is 20.5. The molecule has 4 nitrogen and oxygen atoms in total. The van der Waals surface area contributed by atoms with Gasteiger partial charge in [-0.2, -0.15) is 0 Å². The first-order chi connectivity index (χ1) is 14.8. The lowest BCUT2D eigenvalue weighted by molar-refractivity contribution is 0.602. The molecule has 0 saturated carbocycles. The van der Waals surface area contributed by atoms with Crippen LogP contribution in [-0.4, -0.2) is 31.1 Å². The number of fused-ring (bicyclic) bond motifs is 5. The molecule has 0 fully saturated rings. The highest BCUT2D eigenvalue weighted by Crippen LogP contribution is 2.44. The van der Waals surface area contributed by atoms with Gasteiger partial charge in [0.1, 0.15) is 4.83 Å². The molecule has 1 aliphatic rings. The molecule has 0 saturated heterocycles. The van der Waals surface area contributed by atoms with E-state index in [-0.39, 0.29) is 0 Å². The third kappa shape index (κ3) is 3.76. The van der Waals surface area contributed by atoms with Gasteiger partial charge in [0, 0.05) is 16.4 Å². The first kappa shape index (κ1) is 20.3. The highest BCUT2D eigenvalue weighted by Gasteiger charge is 2.27. The van der Waals surface area contributed by atoms with E-state index in [2.05, 4.69) is 53.7 Å². The van der Waals surface area contributed by atoms with E-state index in [0.29, 0.717) is 5.92 Å².